The molecular formula is C14H19NO2. The lowest BCUT2D eigenvalue weighted by atomic mass is 10.1. The molecule has 1 unspecified atom stereocenters. The van der Waals surface area contributed by atoms with E-state index >= 15 is 0 Å². The predicted octanol–water partition coefficient (Wildman–Crippen LogP) is 2.85. The molecule has 0 aliphatic carbocycles. The molecule has 92 valence electrons. The van der Waals surface area contributed by atoms with Crippen molar-refractivity contribution >= 4 is 5.91 Å². The minimum atomic E-state index is -0.0601. The van der Waals surface area contributed by atoms with Crippen molar-refractivity contribution in [3.8, 4) is 0 Å². The molecule has 17 heavy (non-hydrogen) atoms. The molecule has 1 N–H and O–H groups in total. The summed E-state index contributed by atoms with van der Waals surface area (Å²) < 4.78 is 5.23. The molecule has 1 aromatic rings. The molecule has 3 nitrogen and oxygen atoms in total. The van der Waals surface area contributed by atoms with E-state index in [2.05, 4.69) is 5.32 Å². The van der Waals surface area contributed by atoms with E-state index in [0.717, 1.165) is 18.6 Å². The van der Waals surface area contributed by atoms with Crippen LogP contribution in [-0.2, 0) is 11.2 Å². The Morgan fingerprint density at radius 2 is 2.35 bits per heavy atom. The van der Waals surface area contributed by atoms with Gasteiger partial charge in [-0.05, 0) is 32.4 Å². The second kappa shape index (κ2) is 7.49. The van der Waals surface area contributed by atoms with Gasteiger partial charge in [-0.25, -0.2) is 0 Å². The Balaban J connectivity index is 2.24. The summed E-state index contributed by atoms with van der Waals surface area (Å²) in [7, 11) is 0. The summed E-state index contributed by atoms with van der Waals surface area (Å²) in [6, 6.07) is 3.96. The lowest BCUT2D eigenvalue weighted by molar-refractivity contribution is -0.117. The van der Waals surface area contributed by atoms with Crippen LogP contribution in [0.25, 0.3) is 0 Å². The van der Waals surface area contributed by atoms with Crippen LogP contribution in [-0.4, -0.2) is 11.9 Å². The molecule has 3 heteroatoms. The molecule has 0 fully saturated rings. The van der Waals surface area contributed by atoms with E-state index in [0.29, 0.717) is 0 Å². The number of rotatable bonds is 6. The minimum absolute atomic E-state index is 0.0601. The Kier molecular flexibility index (Phi) is 5.86. The van der Waals surface area contributed by atoms with Crippen LogP contribution in [0.4, 0.5) is 0 Å². The van der Waals surface area contributed by atoms with Crippen LogP contribution in [0, 0.1) is 0 Å². The molecule has 0 aromatic carbocycles. The number of carbonyl (C=O) groups is 1. The highest BCUT2D eigenvalue weighted by Crippen LogP contribution is 2.05. The third-order valence-electron chi connectivity index (χ3n) is 2.34. The first-order valence-corrected chi connectivity index (χ1v) is 5.84. The van der Waals surface area contributed by atoms with Crippen LogP contribution in [0.2, 0.25) is 0 Å². The normalized spacial score (nSPS) is 13.3. The topological polar surface area (TPSA) is 42.2 Å². The van der Waals surface area contributed by atoms with Crippen molar-refractivity contribution in [1.29, 1.82) is 0 Å². The molecule has 1 heterocycles. The first kappa shape index (κ1) is 13.3. The van der Waals surface area contributed by atoms with Gasteiger partial charge in [0, 0.05) is 18.5 Å². The van der Waals surface area contributed by atoms with Gasteiger partial charge in [0.15, 0.2) is 0 Å². The number of furan rings is 1. The van der Waals surface area contributed by atoms with E-state index in [1.54, 1.807) is 12.3 Å². The third kappa shape index (κ3) is 5.76. The summed E-state index contributed by atoms with van der Waals surface area (Å²) in [4.78, 5) is 11.4. The van der Waals surface area contributed by atoms with Crippen molar-refractivity contribution < 1.29 is 9.21 Å². The second-order valence-electron chi connectivity index (χ2n) is 3.91. The molecule has 1 aromatic heterocycles. The molecule has 0 spiro atoms. The Morgan fingerprint density at radius 3 is 3.00 bits per heavy atom. The van der Waals surface area contributed by atoms with Gasteiger partial charge in [-0.1, -0.05) is 18.2 Å². The van der Waals surface area contributed by atoms with E-state index < -0.39 is 0 Å². The van der Waals surface area contributed by atoms with Gasteiger partial charge in [0.1, 0.15) is 5.76 Å². The zero-order valence-electron chi connectivity index (χ0n) is 10.3. The maximum atomic E-state index is 11.4. The van der Waals surface area contributed by atoms with Gasteiger partial charge in [-0.15, -0.1) is 0 Å². The summed E-state index contributed by atoms with van der Waals surface area (Å²) in [5.74, 6) is 0.894. The zero-order valence-corrected chi connectivity index (χ0v) is 10.3. The lowest BCUT2D eigenvalue weighted by Crippen LogP contribution is -2.31. The Hall–Kier alpha value is -1.77. The van der Waals surface area contributed by atoms with Crippen molar-refractivity contribution in [3.63, 3.8) is 0 Å². The Labute approximate surface area is 102 Å². The third-order valence-corrected chi connectivity index (χ3v) is 2.34. The molecule has 0 bridgehead atoms. The van der Waals surface area contributed by atoms with E-state index in [4.69, 9.17) is 4.42 Å². The van der Waals surface area contributed by atoms with Gasteiger partial charge in [-0.2, -0.15) is 0 Å². The number of amides is 1. The highest BCUT2D eigenvalue weighted by molar-refractivity contribution is 5.87. The quantitative estimate of drug-likeness (QED) is 0.606. The molecule has 1 amide bonds. The molecule has 0 aliphatic rings. The van der Waals surface area contributed by atoms with Gasteiger partial charge >= 0.3 is 0 Å². The van der Waals surface area contributed by atoms with Gasteiger partial charge in [0.05, 0.1) is 6.26 Å². The van der Waals surface area contributed by atoms with Crippen molar-refractivity contribution in [1.82, 2.24) is 5.32 Å². The van der Waals surface area contributed by atoms with Crippen molar-refractivity contribution in [2.24, 2.45) is 0 Å². The number of carbonyl (C=O) groups excluding carboxylic acids is 1. The Morgan fingerprint density at radius 1 is 1.53 bits per heavy atom. The van der Waals surface area contributed by atoms with E-state index in [-0.39, 0.29) is 11.9 Å². The standard InChI is InChI=1S/C14H19NO2/c1-3-4-5-8-14(16)15-12(2)9-10-13-7-6-11-17-13/h3-8,11-12H,9-10H2,1-2H3,(H,15,16). The molecule has 0 saturated carbocycles. The Bertz CT molecular complexity index is 377. The summed E-state index contributed by atoms with van der Waals surface area (Å²) in [5, 5.41) is 2.90. The van der Waals surface area contributed by atoms with E-state index in [1.807, 2.05) is 38.1 Å². The van der Waals surface area contributed by atoms with Crippen LogP contribution < -0.4 is 5.32 Å². The fourth-order valence-electron chi connectivity index (χ4n) is 1.43. The van der Waals surface area contributed by atoms with Crippen molar-refractivity contribution in [3.05, 3.63) is 48.5 Å². The summed E-state index contributed by atoms with van der Waals surface area (Å²) >= 11 is 0. The first-order valence-electron chi connectivity index (χ1n) is 5.84. The summed E-state index contributed by atoms with van der Waals surface area (Å²) in [6.07, 6.45) is 10.3. The second-order valence-corrected chi connectivity index (χ2v) is 3.91. The summed E-state index contributed by atoms with van der Waals surface area (Å²) in [5.41, 5.74) is 0. The largest absolute Gasteiger partial charge is 0.469 e. The maximum Gasteiger partial charge on any atom is 0.244 e. The number of aryl methyl sites for hydroxylation is 1. The van der Waals surface area contributed by atoms with Crippen LogP contribution >= 0.6 is 0 Å². The molecule has 0 aliphatic heterocycles. The SMILES string of the molecule is CC=CC=CC(=O)NC(C)CCc1ccco1. The van der Waals surface area contributed by atoms with Gasteiger partial charge in [0.2, 0.25) is 5.91 Å². The molecule has 0 saturated heterocycles. The minimum Gasteiger partial charge on any atom is -0.469 e. The van der Waals surface area contributed by atoms with Gasteiger partial charge in [0.25, 0.3) is 0 Å². The highest BCUT2D eigenvalue weighted by atomic mass is 16.3. The smallest absolute Gasteiger partial charge is 0.244 e. The van der Waals surface area contributed by atoms with Crippen LogP contribution in [0.15, 0.2) is 47.1 Å². The monoisotopic (exact) mass is 233 g/mol. The van der Waals surface area contributed by atoms with Crippen LogP contribution in [0.1, 0.15) is 26.0 Å². The van der Waals surface area contributed by atoms with Crippen molar-refractivity contribution in [2.75, 3.05) is 0 Å². The summed E-state index contributed by atoms with van der Waals surface area (Å²) in [6.45, 7) is 3.90. The molecular weight excluding hydrogens is 214 g/mol. The maximum absolute atomic E-state index is 11.4. The average molecular weight is 233 g/mol. The van der Waals surface area contributed by atoms with E-state index in [1.165, 1.54) is 6.08 Å². The average Bonchev–Trinajstić information content (AvgIpc) is 2.79. The first-order chi connectivity index (χ1) is 8.22. The van der Waals surface area contributed by atoms with Gasteiger partial charge < -0.3 is 9.73 Å². The fourth-order valence-corrected chi connectivity index (χ4v) is 1.43. The molecule has 1 rings (SSSR count). The fraction of sp³-hybridized carbons (Fsp3) is 0.357. The van der Waals surface area contributed by atoms with E-state index in [9.17, 15) is 4.79 Å². The van der Waals surface area contributed by atoms with Gasteiger partial charge in [-0.3, -0.25) is 4.79 Å². The number of allylic oxidation sites excluding steroid dienone is 3. The predicted molar refractivity (Wildman–Crippen MR) is 68.6 cm³/mol. The number of nitrogens with one attached hydrogen (secondary N) is 1. The molecule has 1 atom stereocenters. The van der Waals surface area contributed by atoms with Crippen LogP contribution in [0.3, 0.4) is 0 Å². The number of hydrogen-bond acceptors (Lipinski definition) is 2. The zero-order chi connectivity index (χ0) is 12.5. The van der Waals surface area contributed by atoms with Crippen LogP contribution in [0.5, 0.6) is 0 Å². The number of hydrogen-bond donors (Lipinski definition) is 1. The van der Waals surface area contributed by atoms with Crippen molar-refractivity contribution in [2.45, 2.75) is 32.7 Å². The lowest BCUT2D eigenvalue weighted by Gasteiger charge is -2.11. The molecule has 0 radical (unpaired) electrons. The highest BCUT2D eigenvalue weighted by Gasteiger charge is 2.05.